The Balaban J connectivity index is 1.72. The van der Waals surface area contributed by atoms with E-state index in [0.29, 0.717) is 31.4 Å². The number of pyridine rings is 1. The predicted molar refractivity (Wildman–Crippen MR) is 88.0 cm³/mol. The number of carbonyl (C=O) groups is 1. The zero-order valence-corrected chi connectivity index (χ0v) is 14.2. The van der Waals surface area contributed by atoms with Crippen LogP contribution in [0.25, 0.3) is 0 Å². The maximum atomic E-state index is 12.0. The van der Waals surface area contributed by atoms with Crippen molar-refractivity contribution in [3.63, 3.8) is 0 Å². The van der Waals surface area contributed by atoms with Crippen molar-refractivity contribution in [1.29, 1.82) is 0 Å². The third kappa shape index (κ3) is 5.80. The van der Waals surface area contributed by atoms with Crippen LogP contribution in [-0.2, 0) is 4.74 Å². The number of aliphatic hydroxyl groups is 1. The lowest BCUT2D eigenvalue weighted by molar-refractivity contribution is 0.0194. The van der Waals surface area contributed by atoms with Crippen LogP contribution in [0.2, 0.25) is 0 Å². The first-order valence-corrected chi connectivity index (χ1v) is 8.15. The maximum Gasteiger partial charge on any atom is 0.410 e. The first kappa shape index (κ1) is 17.7. The molecule has 1 atom stereocenters. The van der Waals surface area contributed by atoms with Gasteiger partial charge in [0, 0.05) is 31.9 Å². The maximum absolute atomic E-state index is 12.0. The first-order valence-electron chi connectivity index (χ1n) is 8.15. The molecule has 0 aromatic carbocycles. The largest absolute Gasteiger partial charge is 0.444 e. The number of amides is 1. The van der Waals surface area contributed by atoms with Crippen molar-refractivity contribution in [3.05, 3.63) is 30.1 Å². The van der Waals surface area contributed by atoms with Crippen molar-refractivity contribution in [2.75, 3.05) is 19.6 Å². The Morgan fingerprint density at radius 2 is 2.13 bits per heavy atom. The second-order valence-electron chi connectivity index (χ2n) is 6.92. The summed E-state index contributed by atoms with van der Waals surface area (Å²) in [6.45, 7) is 7.43. The molecule has 1 aliphatic rings. The van der Waals surface area contributed by atoms with E-state index in [1.807, 2.05) is 39.0 Å². The number of nitrogens with zero attached hydrogens (tertiary/aromatic N) is 2. The van der Waals surface area contributed by atoms with Crippen LogP contribution in [0, 0.1) is 0 Å². The third-order valence-corrected chi connectivity index (χ3v) is 3.78. The fourth-order valence-electron chi connectivity index (χ4n) is 2.55. The molecule has 1 amide bonds. The number of likely N-dealkylation sites (tertiary alicyclic amines) is 1. The fourth-order valence-corrected chi connectivity index (χ4v) is 2.55. The van der Waals surface area contributed by atoms with Crippen molar-refractivity contribution in [2.45, 2.75) is 51.4 Å². The molecule has 1 aromatic rings. The van der Waals surface area contributed by atoms with Gasteiger partial charge in [-0.1, -0.05) is 6.07 Å². The first-order chi connectivity index (χ1) is 10.8. The Labute approximate surface area is 137 Å². The SMILES string of the molecule is CC(C)(C)OC(=O)N1CCC(NC[C@@H](O)c2ccccn2)CC1. The van der Waals surface area contributed by atoms with Gasteiger partial charge in [0.1, 0.15) is 11.7 Å². The number of hydrogen-bond acceptors (Lipinski definition) is 5. The summed E-state index contributed by atoms with van der Waals surface area (Å²) in [5, 5.41) is 13.5. The highest BCUT2D eigenvalue weighted by molar-refractivity contribution is 5.68. The topological polar surface area (TPSA) is 74.7 Å². The van der Waals surface area contributed by atoms with Gasteiger partial charge in [-0.15, -0.1) is 0 Å². The summed E-state index contributed by atoms with van der Waals surface area (Å²) in [6.07, 6.45) is 2.53. The number of rotatable bonds is 4. The molecule has 6 nitrogen and oxygen atoms in total. The average Bonchev–Trinajstić information content (AvgIpc) is 2.52. The molecule has 1 aliphatic heterocycles. The smallest absolute Gasteiger partial charge is 0.410 e. The average molecular weight is 321 g/mol. The lowest BCUT2D eigenvalue weighted by atomic mass is 10.0. The van der Waals surface area contributed by atoms with Gasteiger partial charge in [-0.05, 0) is 45.7 Å². The van der Waals surface area contributed by atoms with Crippen molar-refractivity contribution in [3.8, 4) is 0 Å². The van der Waals surface area contributed by atoms with Crippen LogP contribution in [-0.4, -0.2) is 52.4 Å². The lowest BCUT2D eigenvalue weighted by Crippen LogP contribution is -2.47. The predicted octanol–water partition coefficient (Wildman–Crippen LogP) is 2.10. The zero-order valence-electron chi connectivity index (χ0n) is 14.2. The quantitative estimate of drug-likeness (QED) is 0.888. The van der Waals surface area contributed by atoms with Crippen molar-refractivity contribution in [2.24, 2.45) is 0 Å². The fraction of sp³-hybridized carbons (Fsp3) is 0.647. The Hall–Kier alpha value is -1.66. The highest BCUT2D eigenvalue weighted by atomic mass is 16.6. The van der Waals surface area contributed by atoms with Crippen LogP contribution < -0.4 is 5.32 Å². The molecular weight excluding hydrogens is 294 g/mol. The van der Waals surface area contributed by atoms with E-state index in [1.165, 1.54) is 0 Å². The number of aromatic nitrogens is 1. The summed E-state index contributed by atoms with van der Waals surface area (Å²) < 4.78 is 5.39. The Morgan fingerprint density at radius 3 is 2.70 bits per heavy atom. The van der Waals surface area contributed by atoms with Gasteiger partial charge in [-0.3, -0.25) is 4.98 Å². The molecule has 1 saturated heterocycles. The molecule has 1 aromatic heterocycles. The Bertz CT molecular complexity index is 494. The molecule has 1 fully saturated rings. The molecule has 0 spiro atoms. The van der Waals surface area contributed by atoms with Gasteiger partial charge >= 0.3 is 6.09 Å². The van der Waals surface area contributed by atoms with Gasteiger partial charge in [0.05, 0.1) is 5.69 Å². The van der Waals surface area contributed by atoms with Crippen LogP contribution in [0.3, 0.4) is 0 Å². The normalized spacial score (nSPS) is 17.8. The monoisotopic (exact) mass is 321 g/mol. The molecule has 2 heterocycles. The van der Waals surface area contributed by atoms with Crippen LogP contribution in [0.4, 0.5) is 4.79 Å². The number of nitrogens with one attached hydrogen (secondary N) is 1. The molecule has 0 aliphatic carbocycles. The minimum absolute atomic E-state index is 0.246. The second kappa shape index (κ2) is 7.75. The molecule has 0 saturated carbocycles. The van der Waals surface area contributed by atoms with Gasteiger partial charge in [0.2, 0.25) is 0 Å². The minimum Gasteiger partial charge on any atom is -0.444 e. The van der Waals surface area contributed by atoms with E-state index in [2.05, 4.69) is 10.3 Å². The summed E-state index contributed by atoms with van der Waals surface area (Å²) in [7, 11) is 0. The zero-order chi connectivity index (χ0) is 16.9. The van der Waals surface area contributed by atoms with Crippen LogP contribution in [0.1, 0.15) is 45.4 Å². The van der Waals surface area contributed by atoms with E-state index in [9.17, 15) is 9.90 Å². The van der Waals surface area contributed by atoms with E-state index in [4.69, 9.17) is 4.74 Å². The molecule has 128 valence electrons. The van der Waals surface area contributed by atoms with Gasteiger partial charge in [-0.2, -0.15) is 0 Å². The van der Waals surface area contributed by atoms with Crippen molar-refractivity contribution < 1.29 is 14.6 Å². The van der Waals surface area contributed by atoms with Crippen molar-refractivity contribution >= 4 is 6.09 Å². The van der Waals surface area contributed by atoms with E-state index in [0.717, 1.165) is 12.8 Å². The standard InChI is InChI=1S/C17H27N3O3/c1-17(2,3)23-16(22)20-10-7-13(8-11-20)19-12-15(21)14-6-4-5-9-18-14/h4-6,9,13,15,19,21H,7-8,10-12H2,1-3H3/t15-/m1/s1. The van der Waals surface area contributed by atoms with Gasteiger partial charge < -0.3 is 20.1 Å². The van der Waals surface area contributed by atoms with Gasteiger partial charge in [0.15, 0.2) is 0 Å². The van der Waals surface area contributed by atoms with E-state index in [1.54, 1.807) is 11.1 Å². The summed E-state index contributed by atoms with van der Waals surface area (Å²) in [4.78, 5) is 17.9. The Morgan fingerprint density at radius 1 is 1.43 bits per heavy atom. The molecular formula is C17H27N3O3. The number of carbonyl (C=O) groups excluding carboxylic acids is 1. The summed E-state index contributed by atoms with van der Waals surface area (Å²) in [5.41, 5.74) is 0.213. The lowest BCUT2D eigenvalue weighted by Gasteiger charge is -2.34. The van der Waals surface area contributed by atoms with Crippen LogP contribution in [0.15, 0.2) is 24.4 Å². The molecule has 0 radical (unpaired) electrons. The van der Waals surface area contributed by atoms with E-state index < -0.39 is 11.7 Å². The van der Waals surface area contributed by atoms with Gasteiger partial charge in [0.25, 0.3) is 0 Å². The molecule has 0 unspecified atom stereocenters. The van der Waals surface area contributed by atoms with Gasteiger partial charge in [-0.25, -0.2) is 4.79 Å². The highest BCUT2D eigenvalue weighted by Crippen LogP contribution is 2.16. The van der Waals surface area contributed by atoms with Crippen LogP contribution >= 0.6 is 0 Å². The molecule has 6 heteroatoms. The third-order valence-electron chi connectivity index (χ3n) is 3.78. The molecule has 2 N–H and O–H groups in total. The summed E-state index contributed by atoms with van der Waals surface area (Å²) >= 11 is 0. The number of piperidine rings is 1. The van der Waals surface area contributed by atoms with E-state index in [-0.39, 0.29) is 6.09 Å². The Kier molecular flexibility index (Phi) is 5.96. The number of hydrogen-bond donors (Lipinski definition) is 2. The summed E-state index contributed by atoms with van der Waals surface area (Å²) in [5.74, 6) is 0. The highest BCUT2D eigenvalue weighted by Gasteiger charge is 2.26. The number of ether oxygens (including phenoxy) is 1. The minimum atomic E-state index is -0.611. The number of aliphatic hydroxyl groups excluding tert-OH is 1. The van der Waals surface area contributed by atoms with Crippen LogP contribution in [0.5, 0.6) is 0 Å². The second-order valence-corrected chi connectivity index (χ2v) is 6.92. The molecule has 0 bridgehead atoms. The summed E-state index contributed by atoms with van der Waals surface area (Å²) in [6, 6.07) is 5.81. The van der Waals surface area contributed by atoms with Crippen molar-refractivity contribution in [1.82, 2.24) is 15.2 Å². The molecule has 23 heavy (non-hydrogen) atoms. The molecule has 2 rings (SSSR count). The van der Waals surface area contributed by atoms with E-state index >= 15 is 0 Å².